The molecule has 1 atom stereocenters. The fraction of sp³-hybridized carbons (Fsp3) is 0.571. The monoisotopic (exact) mass is 482 g/mol. The molecule has 4 heterocycles. The zero-order chi connectivity index (χ0) is 23.5. The lowest BCUT2D eigenvalue weighted by Gasteiger charge is -2.40. The molecule has 1 saturated carbocycles. The van der Waals surface area contributed by atoms with Crippen LogP contribution in [0, 0.1) is 0 Å². The number of rotatable bonds is 3. The number of fused-ring (bicyclic) bond motifs is 1. The van der Waals surface area contributed by atoms with Crippen molar-refractivity contribution in [3.8, 4) is 0 Å². The quantitative estimate of drug-likeness (QED) is 0.627. The third-order valence-corrected chi connectivity index (χ3v) is 7.08. The summed E-state index contributed by atoms with van der Waals surface area (Å²) in [6.07, 6.45) is -1.31. The molecule has 2 aromatic rings. The minimum Gasteiger partial charge on any atom is -0.434 e. The number of piperazine rings is 1. The van der Waals surface area contributed by atoms with E-state index in [-0.39, 0.29) is 54.1 Å². The van der Waals surface area contributed by atoms with E-state index >= 15 is 0 Å². The van der Waals surface area contributed by atoms with Crippen molar-refractivity contribution in [2.24, 2.45) is 0 Å². The molecule has 5 rings (SSSR count). The summed E-state index contributed by atoms with van der Waals surface area (Å²) >= 11 is 6.38. The van der Waals surface area contributed by atoms with Crippen LogP contribution in [0.2, 0.25) is 18.2 Å². The van der Waals surface area contributed by atoms with Crippen molar-refractivity contribution in [3.05, 3.63) is 34.1 Å². The number of pyridine rings is 1. The Kier molecular flexibility index (Phi) is 5.59. The second-order valence-electron chi connectivity index (χ2n) is 9.09. The van der Waals surface area contributed by atoms with Gasteiger partial charge in [0.2, 0.25) is 5.91 Å². The molecule has 0 radical (unpaired) electrons. The van der Waals surface area contributed by atoms with Crippen LogP contribution < -0.4 is 0 Å². The highest BCUT2D eigenvalue weighted by Gasteiger charge is 2.39. The summed E-state index contributed by atoms with van der Waals surface area (Å²) in [4.78, 5) is 28.9. The van der Waals surface area contributed by atoms with Crippen molar-refractivity contribution >= 4 is 35.8 Å². The highest BCUT2D eigenvalue weighted by molar-refractivity contribution is 6.50. The van der Waals surface area contributed by atoms with E-state index in [1.807, 2.05) is 6.82 Å². The number of halogens is 4. The molecule has 33 heavy (non-hydrogen) atoms. The van der Waals surface area contributed by atoms with Crippen LogP contribution in [0.4, 0.5) is 13.2 Å². The summed E-state index contributed by atoms with van der Waals surface area (Å²) in [6, 6.07) is 2.63. The lowest BCUT2D eigenvalue weighted by atomic mass is 9.64. The molecule has 2 aliphatic heterocycles. The number of carbonyl (C=O) groups is 2. The maximum atomic E-state index is 13.7. The number of hydrogen-bond acceptors (Lipinski definition) is 4. The average molecular weight is 483 g/mol. The van der Waals surface area contributed by atoms with Gasteiger partial charge in [0.05, 0.1) is 16.6 Å². The first-order valence-electron chi connectivity index (χ1n) is 11.1. The van der Waals surface area contributed by atoms with E-state index in [1.54, 1.807) is 11.0 Å². The van der Waals surface area contributed by atoms with Gasteiger partial charge in [0.15, 0.2) is 5.69 Å². The molecule has 0 spiro atoms. The molecule has 3 fully saturated rings. The van der Waals surface area contributed by atoms with Gasteiger partial charge in [-0.1, -0.05) is 18.4 Å². The normalized spacial score (nSPS) is 22.4. The smallest absolute Gasteiger partial charge is 0.433 e. The molecule has 12 heteroatoms. The number of amides is 2. The van der Waals surface area contributed by atoms with Crippen LogP contribution in [-0.2, 0) is 15.6 Å². The molecule has 0 aromatic carbocycles. The first-order chi connectivity index (χ1) is 15.6. The van der Waals surface area contributed by atoms with Gasteiger partial charge in [-0.3, -0.25) is 9.59 Å². The molecule has 0 bridgehead atoms. The Labute approximate surface area is 193 Å². The Balaban J connectivity index is 1.40. The first-order valence-corrected chi connectivity index (χ1v) is 11.5. The first kappa shape index (κ1) is 22.5. The van der Waals surface area contributed by atoms with Crippen molar-refractivity contribution in [1.29, 1.82) is 0 Å². The third-order valence-electron chi connectivity index (χ3n) is 6.70. The fourth-order valence-electron chi connectivity index (χ4n) is 4.64. The Morgan fingerprint density at radius 3 is 2.61 bits per heavy atom. The van der Waals surface area contributed by atoms with Crippen molar-refractivity contribution in [2.45, 2.75) is 50.5 Å². The van der Waals surface area contributed by atoms with Crippen LogP contribution >= 0.6 is 11.6 Å². The number of alkyl halides is 3. The molecule has 0 N–H and O–H groups in total. The van der Waals surface area contributed by atoms with Gasteiger partial charge in [0.25, 0.3) is 12.8 Å². The predicted molar refractivity (Wildman–Crippen MR) is 116 cm³/mol. The van der Waals surface area contributed by atoms with E-state index < -0.39 is 17.8 Å². The molecule has 1 unspecified atom stereocenters. The molecule has 2 saturated heterocycles. The van der Waals surface area contributed by atoms with E-state index in [0.717, 1.165) is 31.6 Å². The van der Waals surface area contributed by atoms with Crippen LogP contribution in [0.3, 0.4) is 0 Å². The highest BCUT2D eigenvalue weighted by atomic mass is 35.5. The van der Waals surface area contributed by atoms with Crippen molar-refractivity contribution in [3.63, 3.8) is 0 Å². The number of nitrogens with zero attached hydrogens (tertiary/aromatic N) is 4. The predicted octanol–water partition coefficient (Wildman–Crippen LogP) is 3.58. The summed E-state index contributed by atoms with van der Waals surface area (Å²) < 4.78 is 47.5. The Bertz CT molecular complexity index is 1110. The third kappa shape index (κ3) is 4.21. The van der Waals surface area contributed by atoms with E-state index in [0.29, 0.717) is 23.2 Å². The minimum absolute atomic E-state index is 0.0278. The molecular formula is C21H23BClF3N4O3. The van der Waals surface area contributed by atoms with Crippen LogP contribution in [-0.4, -0.2) is 70.4 Å². The standard InChI is InChI=1S/C21H23BClF3N4O3/c1-22-5-4-14(11-33-22)29-7-6-28(10-17(29)31)20(32)19-18(23)15-8-13(12-2-3-12)9-16(21(24,25)26)30(15)27-19/h8-9,12,14H,2-7,10-11H2,1H3. The molecule has 2 aromatic heterocycles. The SMILES string of the molecule is CB1CCC(N2CCN(C(=O)c3nn4c(C(F)(F)F)cc(C5CC5)cc4c3Cl)CC2=O)CO1. The molecule has 1 aliphatic carbocycles. The summed E-state index contributed by atoms with van der Waals surface area (Å²) in [5, 5.41) is 3.82. The van der Waals surface area contributed by atoms with Crippen LogP contribution in [0.15, 0.2) is 12.1 Å². The van der Waals surface area contributed by atoms with Gasteiger partial charge in [-0.05, 0) is 49.2 Å². The molecule has 3 aliphatic rings. The number of aromatic nitrogens is 2. The fourth-order valence-corrected chi connectivity index (χ4v) is 4.89. The van der Waals surface area contributed by atoms with E-state index in [2.05, 4.69) is 5.10 Å². The zero-order valence-corrected chi connectivity index (χ0v) is 18.8. The lowest BCUT2D eigenvalue weighted by Crippen LogP contribution is -2.57. The van der Waals surface area contributed by atoms with Crippen LogP contribution in [0.5, 0.6) is 0 Å². The van der Waals surface area contributed by atoms with Crippen LogP contribution in [0.25, 0.3) is 5.52 Å². The second kappa shape index (κ2) is 8.20. The van der Waals surface area contributed by atoms with E-state index in [1.165, 1.54) is 4.90 Å². The zero-order valence-electron chi connectivity index (χ0n) is 18.1. The van der Waals surface area contributed by atoms with Crippen molar-refractivity contribution in [1.82, 2.24) is 19.4 Å². The topological polar surface area (TPSA) is 67.1 Å². The van der Waals surface area contributed by atoms with Gasteiger partial charge in [-0.2, -0.15) is 18.3 Å². The molecular weight excluding hydrogens is 460 g/mol. The van der Waals surface area contributed by atoms with Gasteiger partial charge >= 0.3 is 6.18 Å². The molecule has 176 valence electrons. The number of carbonyl (C=O) groups excluding carboxylic acids is 2. The molecule has 7 nitrogen and oxygen atoms in total. The highest BCUT2D eigenvalue weighted by Crippen LogP contribution is 2.43. The van der Waals surface area contributed by atoms with Crippen LogP contribution in [0.1, 0.15) is 46.9 Å². The van der Waals surface area contributed by atoms with Crippen molar-refractivity contribution in [2.75, 3.05) is 26.2 Å². The summed E-state index contributed by atoms with van der Waals surface area (Å²) in [6.45, 7) is 3.03. The van der Waals surface area contributed by atoms with Gasteiger partial charge in [0, 0.05) is 19.7 Å². The van der Waals surface area contributed by atoms with Gasteiger partial charge in [0.1, 0.15) is 12.2 Å². The maximum Gasteiger partial charge on any atom is 0.433 e. The lowest BCUT2D eigenvalue weighted by molar-refractivity contribution is -0.142. The Morgan fingerprint density at radius 2 is 2.00 bits per heavy atom. The Hall–Kier alpha value is -2.27. The van der Waals surface area contributed by atoms with Crippen molar-refractivity contribution < 1.29 is 27.4 Å². The van der Waals surface area contributed by atoms with Gasteiger partial charge in [-0.25, -0.2) is 4.52 Å². The average Bonchev–Trinajstić information content (AvgIpc) is 3.57. The largest absolute Gasteiger partial charge is 0.434 e. The van der Waals surface area contributed by atoms with Gasteiger partial charge < -0.3 is 14.5 Å². The second-order valence-corrected chi connectivity index (χ2v) is 9.47. The maximum absolute atomic E-state index is 13.7. The molecule has 2 amide bonds. The summed E-state index contributed by atoms with van der Waals surface area (Å²) in [5.41, 5.74) is -0.639. The summed E-state index contributed by atoms with van der Waals surface area (Å²) in [7, 11) is 0. The van der Waals surface area contributed by atoms with Gasteiger partial charge in [-0.15, -0.1) is 0 Å². The van der Waals surface area contributed by atoms with E-state index in [9.17, 15) is 22.8 Å². The van der Waals surface area contributed by atoms with E-state index in [4.69, 9.17) is 16.3 Å². The number of hydrogen-bond donors (Lipinski definition) is 0. The summed E-state index contributed by atoms with van der Waals surface area (Å²) in [5.74, 6) is -0.797. The minimum atomic E-state index is -4.65. The Morgan fingerprint density at radius 1 is 1.24 bits per heavy atom.